The normalized spacial score (nSPS) is 9.50. The van der Waals surface area contributed by atoms with Crippen LogP contribution in [-0.2, 0) is 11.3 Å². The SMILES string of the molecule is CC(=O)Nc1ccc(CNCCC#N)cc1. The average molecular weight is 217 g/mol. The number of amides is 1. The van der Waals surface area contributed by atoms with Crippen molar-refractivity contribution in [3.63, 3.8) is 0 Å². The van der Waals surface area contributed by atoms with E-state index in [-0.39, 0.29) is 5.91 Å². The van der Waals surface area contributed by atoms with E-state index in [2.05, 4.69) is 16.7 Å². The maximum atomic E-state index is 10.8. The zero-order chi connectivity index (χ0) is 11.8. The van der Waals surface area contributed by atoms with Gasteiger partial charge in [0, 0.05) is 32.1 Å². The van der Waals surface area contributed by atoms with Crippen LogP contribution in [0.1, 0.15) is 18.9 Å². The smallest absolute Gasteiger partial charge is 0.221 e. The molecule has 1 aromatic rings. The van der Waals surface area contributed by atoms with Crippen LogP contribution in [0.3, 0.4) is 0 Å². The molecule has 0 aliphatic heterocycles. The van der Waals surface area contributed by atoms with Crippen LogP contribution < -0.4 is 10.6 Å². The van der Waals surface area contributed by atoms with E-state index in [4.69, 9.17) is 5.26 Å². The number of nitrogens with zero attached hydrogens (tertiary/aromatic N) is 1. The summed E-state index contributed by atoms with van der Waals surface area (Å²) in [5.41, 5.74) is 1.93. The number of carbonyl (C=O) groups excluding carboxylic acids is 1. The van der Waals surface area contributed by atoms with E-state index in [1.807, 2.05) is 24.3 Å². The van der Waals surface area contributed by atoms with Crippen molar-refractivity contribution in [3.8, 4) is 6.07 Å². The molecule has 16 heavy (non-hydrogen) atoms. The van der Waals surface area contributed by atoms with Gasteiger partial charge in [-0.05, 0) is 17.7 Å². The fourth-order valence-corrected chi connectivity index (χ4v) is 1.29. The highest BCUT2D eigenvalue weighted by atomic mass is 16.1. The third kappa shape index (κ3) is 4.58. The second-order valence-electron chi connectivity index (χ2n) is 3.46. The predicted molar refractivity (Wildman–Crippen MR) is 62.7 cm³/mol. The third-order valence-electron chi connectivity index (χ3n) is 2.02. The molecule has 0 atom stereocenters. The predicted octanol–water partition coefficient (Wildman–Crippen LogP) is 1.65. The molecule has 1 amide bonds. The summed E-state index contributed by atoms with van der Waals surface area (Å²) in [6, 6.07) is 9.70. The minimum atomic E-state index is -0.0695. The van der Waals surface area contributed by atoms with Crippen molar-refractivity contribution in [2.75, 3.05) is 11.9 Å². The molecule has 2 N–H and O–H groups in total. The Labute approximate surface area is 95.3 Å². The number of anilines is 1. The molecule has 0 bridgehead atoms. The lowest BCUT2D eigenvalue weighted by atomic mass is 10.2. The second kappa shape index (κ2) is 6.59. The van der Waals surface area contributed by atoms with Crippen LogP contribution in [0.5, 0.6) is 0 Å². The number of hydrogen-bond donors (Lipinski definition) is 2. The molecule has 1 rings (SSSR count). The lowest BCUT2D eigenvalue weighted by Gasteiger charge is -2.05. The molecule has 4 nitrogen and oxygen atoms in total. The maximum absolute atomic E-state index is 10.8. The highest BCUT2D eigenvalue weighted by molar-refractivity contribution is 5.88. The summed E-state index contributed by atoms with van der Waals surface area (Å²) in [6.07, 6.45) is 0.518. The van der Waals surface area contributed by atoms with Crippen LogP contribution in [-0.4, -0.2) is 12.5 Å². The van der Waals surface area contributed by atoms with Crippen LogP contribution in [0.4, 0.5) is 5.69 Å². The van der Waals surface area contributed by atoms with Crippen LogP contribution in [0, 0.1) is 11.3 Å². The summed E-state index contributed by atoms with van der Waals surface area (Å²) in [4.78, 5) is 10.8. The molecule has 0 unspecified atom stereocenters. The molecule has 0 aliphatic carbocycles. The van der Waals surface area contributed by atoms with Gasteiger partial charge in [0.15, 0.2) is 0 Å². The van der Waals surface area contributed by atoms with E-state index in [1.54, 1.807) is 0 Å². The molecule has 0 aromatic heterocycles. The Balaban J connectivity index is 2.39. The lowest BCUT2D eigenvalue weighted by molar-refractivity contribution is -0.114. The van der Waals surface area contributed by atoms with E-state index in [0.717, 1.165) is 17.8 Å². The summed E-state index contributed by atoms with van der Waals surface area (Å²) in [7, 11) is 0. The second-order valence-corrected chi connectivity index (χ2v) is 3.46. The van der Waals surface area contributed by atoms with Gasteiger partial charge in [0.2, 0.25) is 5.91 Å². The number of hydrogen-bond acceptors (Lipinski definition) is 3. The molecule has 0 fully saturated rings. The summed E-state index contributed by atoms with van der Waals surface area (Å²) >= 11 is 0. The molecular formula is C12H15N3O. The summed E-state index contributed by atoms with van der Waals surface area (Å²) in [5, 5.41) is 14.2. The van der Waals surface area contributed by atoms with Crippen molar-refractivity contribution < 1.29 is 4.79 Å². The highest BCUT2D eigenvalue weighted by Crippen LogP contribution is 2.09. The van der Waals surface area contributed by atoms with Gasteiger partial charge in [-0.2, -0.15) is 5.26 Å². The van der Waals surface area contributed by atoms with E-state index in [0.29, 0.717) is 13.0 Å². The first-order chi connectivity index (χ1) is 7.72. The van der Waals surface area contributed by atoms with Crippen molar-refractivity contribution in [1.82, 2.24) is 5.32 Å². The standard InChI is InChI=1S/C12H15N3O/c1-10(16)15-12-5-3-11(4-6-12)9-14-8-2-7-13/h3-6,14H,2,8-9H2,1H3,(H,15,16). The van der Waals surface area contributed by atoms with Gasteiger partial charge in [0.05, 0.1) is 6.07 Å². The quantitative estimate of drug-likeness (QED) is 0.737. The van der Waals surface area contributed by atoms with Crippen LogP contribution in [0.15, 0.2) is 24.3 Å². The van der Waals surface area contributed by atoms with Crippen molar-refractivity contribution in [2.24, 2.45) is 0 Å². The Morgan fingerprint density at radius 1 is 1.38 bits per heavy atom. The molecule has 0 aliphatic rings. The first-order valence-corrected chi connectivity index (χ1v) is 5.16. The van der Waals surface area contributed by atoms with Crippen molar-refractivity contribution in [3.05, 3.63) is 29.8 Å². The number of nitriles is 1. The van der Waals surface area contributed by atoms with E-state index < -0.39 is 0 Å². The Morgan fingerprint density at radius 3 is 2.62 bits per heavy atom. The molecule has 0 radical (unpaired) electrons. The fraction of sp³-hybridized carbons (Fsp3) is 0.333. The number of benzene rings is 1. The van der Waals surface area contributed by atoms with Crippen molar-refractivity contribution in [2.45, 2.75) is 19.9 Å². The molecule has 1 aromatic carbocycles. The summed E-state index contributed by atoms with van der Waals surface area (Å²) in [5.74, 6) is -0.0695. The van der Waals surface area contributed by atoms with Gasteiger partial charge in [-0.1, -0.05) is 12.1 Å². The lowest BCUT2D eigenvalue weighted by Crippen LogP contribution is -2.14. The van der Waals surface area contributed by atoms with E-state index >= 15 is 0 Å². The maximum Gasteiger partial charge on any atom is 0.221 e. The minimum absolute atomic E-state index is 0.0695. The van der Waals surface area contributed by atoms with Crippen LogP contribution in [0.25, 0.3) is 0 Å². The van der Waals surface area contributed by atoms with E-state index in [9.17, 15) is 4.79 Å². The fourth-order valence-electron chi connectivity index (χ4n) is 1.29. The van der Waals surface area contributed by atoms with Crippen molar-refractivity contribution in [1.29, 1.82) is 5.26 Å². The van der Waals surface area contributed by atoms with Crippen LogP contribution in [0.2, 0.25) is 0 Å². The molecular weight excluding hydrogens is 202 g/mol. The third-order valence-corrected chi connectivity index (χ3v) is 2.02. The molecule has 0 saturated heterocycles. The Bertz CT molecular complexity index is 378. The van der Waals surface area contributed by atoms with Crippen LogP contribution >= 0.6 is 0 Å². The highest BCUT2D eigenvalue weighted by Gasteiger charge is 1.96. The minimum Gasteiger partial charge on any atom is -0.326 e. The number of carbonyl (C=O) groups is 1. The number of nitrogens with one attached hydrogen (secondary N) is 2. The first-order valence-electron chi connectivity index (χ1n) is 5.16. The van der Waals surface area contributed by atoms with Gasteiger partial charge in [-0.3, -0.25) is 4.79 Å². The summed E-state index contributed by atoms with van der Waals surface area (Å²) in [6.45, 7) is 2.92. The Kier molecular flexibility index (Phi) is 5.03. The summed E-state index contributed by atoms with van der Waals surface area (Å²) < 4.78 is 0. The zero-order valence-corrected chi connectivity index (χ0v) is 9.29. The van der Waals surface area contributed by atoms with Gasteiger partial charge in [-0.25, -0.2) is 0 Å². The Hall–Kier alpha value is -1.86. The first kappa shape index (κ1) is 12.2. The van der Waals surface area contributed by atoms with E-state index in [1.165, 1.54) is 6.92 Å². The van der Waals surface area contributed by atoms with Gasteiger partial charge in [-0.15, -0.1) is 0 Å². The van der Waals surface area contributed by atoms with Gasteiger partial charge in [0.25, 0.3) is 0 Å². The number of rotatable bonds is 5. The molecule has 4 heteroatoms. The molecule has 0 saturated carbocycles. The van der Waals surface area contributed by atoms with Crippen molar-refractivity contribution >= 4 is 11.6 Å². The van der Waals surface area contributed by atoms with Gasteiger partial charge >= 0.3 is 0 Å². The average Bonchev–Trinajstić information content (AvgIpc) is 2.26. The zero-order valence-electron chi connectivity index (χ0n) is 9.29. The molecule has 0 spiro atoms. The Morgan fingerprint density at radius 2 is 2.06 bits per heavy atom. The topological polar surface area (TPSA) is 64.9 Å². The molecule has 0 heterocycles. The largest absolute Gasteiger partial charge is 0.326 e. The molecule has 84 valence electrons. The van der Waals surface area contributed by atoms with Gasteiger partial charge < -0.3 is 10.6 Å². The van der Waals surface area contributed by atoms with Gasteiger partial charge in [0.1, 0.15) is 0 Å². The monoisotopic (exact) mass is 217 g/mol.